The highest BCUT2D eigenvalue weighted by atomic mass is 16.3. The minimum absolute atomic E-state index is 0.00502. The lowest BCUT2D eigenvalue weighted by molar-refractivity contribution is -0.115. The van der Waals surface area contributed by atoms with Crippen molar-refractivity contribution in [3.8, 4) is 0 Å². The van der Waals surface area contributed by atoms with Gasteiger partial charge in [0.05, 0.1) is 6.26 Å². The van der Waals surface area contributed by atoms with Crippen molar-refractivity contribution in [2.75, 3.05) is 5.32 Å². The van der Waals surface area contributed by atoms with E-state index in [1.54, 1.807) is 12.1 Å². The van der Waals surface area contributed by atoms with E-state index in [4.69, 9.17) is 4.42 Å². The van der Waals surface area contributed by atoms with Crippen LogP contribution in [-0.2, 0) is 11.3 Å². The van der Waals surface area contributed by atoms with Gasteiger partial charge in [0, 0.05) is 24.7 Å². The molecule has 0 aliphatic heterocycles. The van der Waals surface area contributed by atoms with Gasteiger partial charge in [-0.05, 0) is 42.7 Å². The topological polar surface area (TPSA) is 62.6 Å². The number of nitrogens with one attached hydrogen (secondary N) is 1. The summed E-state index contributed by atoms with van der Waals surface area (Å²) in [5.74, 6) is 0.335. The van der Waals surface area contributed by atoms with E-state index in [1.165, 1.54) is 12.7 Å². The number of benzene rings is 1. The highest BCUT2D eigenvalue weighted by Gasteiger charge is 2.27. The first-order valence-electron chi connectivity index (χ1n) is 9.40. The standard InChI is InChI=1S/C21H26N2O3/c1-2-20(24)22-17-12-10-16(11-13-17)15-23(18-7-4-3-5-8-18)21(25)19-9-6-14-26-19/h6,9-14,18H,2-5,7-8,15H2,1H3,(H,22,24). The van der Waals surface area contributed by atoms with Gasteiger partial charge in [0.1, 0.15) is 0 Å². The highest BCUT2D eigenvalue weighted by Crippen LogP contribution is 2.26. The van der Waals surface area contributed by atoms with Crippen molar-refractivity contribution in [1.29, 1.82) is 0 Å². The first kappa shape index (κ1) is 18.2. The summed E-state index contributed by atoms with van der Waals surface area (Å²) in [6.07, 6.45) is 7.63. The molecule has 0 radical (unpaired) electrons. The molecule has 5 nitrogen and oxygen atoms in total. The fourth-order valence-corrected chi connectivity index (χ4v) is 3.44. The average molecular weight is 354 g/mol. The first-order valence-corrected chi connectivity index (χ1v) is 9.40. The minimum Gasteiger partial charge on any atom is -0.459 e. The van der Waals surface area contributed by atoms with Crippen LogP contribution in [0.1, 0.15) is 61.6 Å². The quantitative estimate of drug-likeness (QED) is 0.824. The third-order valence-electron chi connectivity index (χ3n) is 4.92. The molecule has 0 atom stereocenters. The molecule has 5 heteroatoms. The van der Waals surface area contributed by atoms with E-state index in [1.807, 2.05) is 36.1 Å². The molecule has 1 fully saturated rings. The van der Waals surface area contributed by atoms with Crippen LogP contribution in [0.4, 0.5) is 5.69 Å². The van der Waals surface area contributed by atoms with E-state index in [0.29, 0.717) is 18.7 Å². The van der Waals surface area contributed by atoms with E-state index in [-0.39, 0.29) is 17.9 Å². The Morgan fingerprint density at radius 2 is 1.85 bits per heavy atom. The van der Waals surface area contributed by atoms with E-state index in [0.717, 1.165) is 36.9 Å². The van der Waals surface area contributed by atoms with Crippen LogP contribution >= 0.6 is 0 Å². The van der Waals surface area contributed by atoms with Crippen LogP contribution in [-0.4, -0.2) is 22.8 Å². The molecule has 0 saturated heterocycles. The molecule has 1 aromatic heterocycles. The zero-order valence-corrected chi connectivity index (χ0v) is 15.2. The molecule has 3 rings (SSSR count). The van der Waals surface area contributed by atoms with Crippen LogP contribution in [0, 0.1) is 0 Å². The molecule has 1 aliphatic rings. The van der Waals surface area contributed by atoms with Gasteiger partial charge >= 0.3 is 0 Å². The number of carbonyl (C=O) groups is 2. The van der Waals surface area contributed by atoms with Crippen LogP contribution in [0.2, 0.25) is 0 Å². The monoisotopic (exact) mass is 354 g/mol. The van der Waals surface area contributed by atoms with Crippen molar-refractivity contribution in [2.45, 2.75) is 58.0 Å². The summed E-state index contributed by atoms with van der Waals surface area (Å²) in [4.78, 5) is 26.4. The van der Waals surface area contributed by atoms with Crippen molar-refractivity contribution < 1.29 is 14.0 Å². The van der Waals surface area contributed by atoms with Gasteiger partial charge in [0.25, 0.3) is 5.91 Å². The summed E-state index contributed by atoms with van der Waals surface area (Å²) < 4.78 is 5.34. The normalized spacial score (nSPS) is 14.8. The van der Waals surface area contributed by atoms with Crippen molar-refractivity contribution >= 4 is 17.5 Å². The lowest BCUT2D eigenvalue weighted by Crippen LogP contribution is -2.40. The average Bonchev–Trinajstić information content (AvgIpc) is 3.22. The molecule has 1 heterocycles. The lowest BCUT2D eigenvalue weighted by Gasteiger charge is -2.34. The molecule has 0 bridgehead atoms. The van der Waals surface area contributed by atoms with Crippen LogP contribution in [0.3, 0.4) is 0 Å². The zero-order valence-electron chi connectivity index (χ0n) is 15.2. The van der Waals surface area contributed by atoms with Crippen LogP contribution in [0.25, 0.3) is 0 Å². The van der Waals surface area contributed by atoms with Crippen LogP contribution in [0.15, 0.2) is 47.1 Å². The first-order chi connectivity index (χ1) is 12.7. The van der Waals surface area contributed by atoms with Gasteiger partial charge in [-0.2, -0.15) is 0 Å². The molecule has 2 aromatic rings. The van der Waals surface area contributed by atoms with E-state index in [2.05, 4.69) is 5.32 Å². The molecule has 1 aliphatic carbocycles. The van der Waals surface area contributed by atoms with E-state index in [9.17, 15) is 9.59 Å². The summed E-state index contributed by atoms with van der Waals surface area (Å²) >= 11 is 0. The van der Waals surface area contributed by atoms with Gasteiger partial charge in [-0.25, -0.2) is 0 Å². The van der Waals surface area contributed by atoms with E-state index >= 15 is 0 Å². The summed E-state index contributed by atoms with van der Waals surface area (Å²) in [6.45, 7) is 2.37. The minimum atomic E-state index is -0.0507. The number of furan rings is 1. The maximum absolute atomic E-state index is 12.9. The molecule has 0 spiro atoms. The predicted molar refractivity (Wildman–Crippen MR) is 101 cm³/mol. The Kier molecular flexibility index (Phi) is 6.10. The second kappa shape index (κ2) is 8.70. The molecule has 1 aromatic carbocycles. The molecule has 1 N–H and O–H groups in total. The third kappa shape index (κ3) is 4.54. The van der Waals surface area contributed by atoms with Crippen molar-refractivity contribution in [1.82, 2.24) is 4.90 Å². The number of anilines is 1. The smallest absolute Gasteiger partial charge is 0.290 e. The maximum Gasteiger partial charge on any atom is 0.290 e. The number of hydrogen-bond acceptors (Lipinski definition) is 3. The number of hydrogen-bond donors (Lipinski definition) is 1. The van der Waals surface area contributed by atoms with E-state index < -0.39 is 0 Å². The fraction of sp³-hybridized carbons (Fsp3) is 0.429. The fourth-order valence-electron chi connectivity index (χ4n) is 3.44. The van der Waals surface area contributed by atoms with Crippen molar-refractivity contribution in [3.05, 3.63) is 54.0 Å². The molecular weight excluding hydrogens is 328 g/mol. The van der Waals surface area contributed by atoms with Gasteiger partial charge in [-0.1, -0.05) is 38.3 Å². The Morgan fingerprint density at radius 1 is 1.12 bits per heavy atom. The molecule has 1 saturated carbocycles. The Labute approximate surface area is 154 Å². The second-order valence-electron chi connectivity index (χ2n) is 6.80. The lowest BCUT2D eigenvalue weighted by atomic mass is 9.93. The second-order valence-corrected chi connectivity index (χ2v) is 6.80. The molecule has 0 unspecified atom stereocenters. The van der Waals surface area contributed by atoms with Gasteiger partial charge in [-0.15, -0.1) is 0 Å². The SMILES string of the molecule is CCC(=O)Nc1ccc(CN(C(=O)c2ccco2)C2CCCCC2)cc1. The van der Waals surface area contributed by atoms with Gasteiger partial charge < -0.3 is 14.6 Å². The van der Waals surface area contributed by atoms with Gasteiger partial charge in [-0.3, -0.25) is 9.59 Å². The van der Waals surface area contributed by atoms with Gasteiger partial charge in [0.2, 0.25) is 5.91 Å². The predicted octanol–water partition coefficient (Wildman–Crippen LogP) is 4.60. The van der Waals surface area contributed by atoms with Crippen molar-refractivity contribution in [3.63, 3.8) is 0 Å². The zero-order chi connectivity index (χ0) is 18.4. The third-order valence-corrected chi connectivity index (χ3v) is 4.92. The number of amides is 2. The summed E-state index contributed by atoms with van der Waals surface area (Å²) in [5, 5.41) is 2.85. The Morgan fingerprint density at radius 3 is 2.46 bits per heavy atom. The summed E-state index contributed by atoms with van der Waals surface area (Å²) in [7, 11) is 0. The highest BCUT2D eigenvalue weighted by molar-refractivity contribution is 5.92. The summed E-state index contributed by atoms with van der Waals surface area (Å²) in [6, 6.07) is 11.4. The van der Waals surface area contributed by atoms with Crippen LogP contribution in [0.5, 0.6) is 0 Å². The molecule has 2 amide bonds. The number of nitrogens with zero attached hydrogens (tertiary/aromatic N) is 1. The van der Waals surface area contributed by atoms with Crippen LogP contribution < -0.4 is 5.32 Å². The largest absolute Gasteiger partial charge is 0.459 e. The summed E-state index contributed by atoms with van der Waals surface area (Å²) in [5.41, 5.74) is 1.83. The number of carbonyl (C=O) groups excluding carboxylic acids is 2. The maximum atomic E-state index is 12.9. The molecule has 138 valence electrons. The Balaban J connectivity index is 1.74. The Bertz CT molecular complexity index is 716. The van der Waals surface area contributed by atoms with Gasteiger partial charge in [0.15, 0.2) is 5.76 Å². The Hall–Kier alpha value is -2.56. The molecular formula is C21H26N2O3. The molecule has 26 heavy (non-hydrogen) atoms. The van der Waals surface area contributed by atoms with Crippen molar-refractivity contribution in [2.24, 2.45) is 0 Å². The number of rotatable bonds is 6.